The summed E-state index contributed by atoms with van der Waals surface area (Å²) in [5.41, 5.74) is 0. The lowest BCUT2D eigenvalue weighted by Gasteiger charge is -2.18. The Morgan fingerprint density at radius 1 is 1.33 bits per heavy atom. The Labute approximate surface area is 145 Å². The first kappa shape index (κ1) is 20.1. The van der Waals surface area contributed by atoms with Crippen molar-refractivity contribution in [1.82, 2.24) is 25.4 Å². The molecule has 0 aliphatic heterocycles. The minimum Gasteiger partial charge on any atom is -0.354 e. The minimum absolute atomic E-state index is 0. The van der Waals surface area contributed by atoms with Crippen molar-refractivity contribution in [2.45, 2.75) is 52.6 Å². The molecule has 0 saturated carbocycles. The zero-order valence-electron chi connectivity index (χ0n) is 13.8. The second-order valence-electron chi connectivity index (χ2n) is 5.65. The van der Waals surface area contributed by atoms with Crippen LogP contribution in [0.3, 0.4) is 0 Å². The van der Waals surface area contributed by atoms with Gasteiger partial charge in [0.1, 0.15) is 6.33 Å². The third-order valence-corrected chi connectivity index (χ3v) is 3.24. The Bertz CT molecular complexity index is 415. The molecule has 1 heterocycles. The highest BCUT2D eigenvalue weighted by Crippen LogP contribution is 2.08. The summed E-state index contributed by atoms with van der Waals surface area (Å²) in [5, 5.41) is 14.6. The molecular weight excluding hydrogens is 379 g/mol. The Morgan fingerprint density at radius 2 is 2.05 bits per heavy atom. The van der Waals surface area contributed by atoms with Crippen LogP contribution in [-0.2, 0) is 13.6 Å². The third kappa shape index (κ3) is 8.23. The largest absolute Gasteiger partial charge is 0.354 e. The van der Waals surface area contributed by atoms with Gasteiger partial charge in [0.25, 0.3) is 0 Å². The van der Waals surface area contributed by atoms with E-state index in [1.54, 1.807) is 13.4 Å². The van der Waals surface area contributed by atoms with Crippen LogP contribution in [0.25, 0.3) is 0 Å². The highest BCUT2D eigenvalue weighted by molar-refractivity contribution is 14.0. The van der Waals surface area contributed by atoms with Crippen molar-refractivity contribution in [3.63, 3.8) is 0 Å². The van der Waals surface area contributed by atoms with Crippen LogP contribution in [0.1, 0.15) is 45.9 Å². The minimum atomic E-state index is 0. The van der Waals surface area contributed by atoms with Crippen LogP contribution < -0.4 is 10.6 Å². The zero-order valence-corrected chi connectivity index (χ0v) is 16.1. The zero-order chi connectivity index (χ0) is 15.0. The molecule has 1 unspecified atom stereocenters. The quantitative estimate of drug-likeness (QED) is 0.413. The van der Waals surface area contributed by atoms with Gasteiger partial charge in [0.2, 0.25) is 0 Å². The van der Waals surface area contributed by atoms with Gasteiger partial charge in [0.05, 0.1) is 6.54 Å². The Hall–Kier alpha value is -0.860. The summed E-state index contributed by atoms with van der Waals surface area (Å²) in [4.78, 5) is 4.24. The van der Waals surface area contributed by atoms with Gasteiger partial charge in [-0.2, -0.15) is 0 Å². The molecule has 0 saturated heterocycles. The van der Waals surface area contributed by atoms with E-state index in [-0.39, 0.29) is 24.0 Å². The molecule has 1 aromatic rings. The van der Waals surface area contributed by atoms with E-state index < -0.39 is 0 Å². The van der Waals surface area contributed by atoms with Crippen molar-refractivity contribution >= 4 is 29.9 Å². The lowest BCUT2D eigenvalue weighted by atomic mass is 10.0. The lowest BCUT2D eigenvalue weighted by molar-refractivity contribution is 0.491. The van der Waals surface area contributed by atoms with Crippen LogP contribution in [-0.4, -0.2) is 33.8 Å². The molecule has 1 rings (SSSR count). The van der Waals surface area contributed by atoms with E-state index in [1.165, 1.54) is 12.8 Å². The van der Waals surface area contributed by atoms with E-state index in [4.69, 9.17) is 0 Å². The average molecular weight is 408 g/mol. The van der Waals surface area contributed by atoms with Crippen LogP contribution >= 0.6 is 24.0 Å². The lowest BCUT2D eigenvalue weighted by Crippen LogP contribution is -2.42. The molecule has 0 aromatic carbocycles. The summed E-state index contributed by atoms with van der Waals surface area (Å²) in [5.74, 6) is 2.47. The molecule has 0 amide bonds. The Kier molecular flexibility index (Phi) is 10.4. The number of aliphatic imine (C=N–C) groups is 1. The fourth-order valence-corrected chi connectivity index (χ4v) is 1.96. The second-order valence-corrected chi connectivity index (χ2v) is 5.65. The normalized spacial score (nSPS) is 13.0. The van der Waals surface area contributed by atoms with E-state index in [1.807, 2.05) is 11.6 Å². The summed E-state index contributed by atoms with van der Waals surface area (Å²) < 4.78 is 1.90. The molecular formula is C14H29IN6. The van der Waals surface area contributed by atoms with E-state index in [2.05, 4.69) is 46.6 Å². The molecule has 6 nitrogen and oxygen atoms in total. The molecule has 1 aromatic heterocycles. The maximum Gasteiger partial charge on any atom is 0.191 e. The van der Waals surface area contributed by atoms with E-state index in [0.29, 0.717) is 12.6 Å². The first-order valence-corrected chi connectivity index (χ1v) is 7.33. The number of hydrogen-bond acceptors (Lipinski definition) is 3. The van der Waals surface area contributed by atoms with Gasteiger partial charge in [-0.15, -0.1) is 34.2 Å². The third-order valence-electron chi connectivity index (χ3n) is 3.24. The van der Waals surface area contributed by atoms with E-state index in [0.717, 1.165) is 24.1 Å². The van der Waals surface area contributed by atoms with Crippen LogP contribution in [0, 0.1) is 5.92 Å². The van der Waals surface area contributed by atoms with E-state index in [9.17, 15) is 0 Å². The second kappa shape index (κ2) is 10.8. The average Bonchev–Trinajstić information content (AvgIpc) is 2.79. The molecule has 122 valence electrons. The van der Waals surface area contributed by atoms with Crippen molar-refractivity contribution in [3.8, 4) is 0 Å². The molecule has 21 heavy (non-hydrogen) atoms. The molecule has 0 aliphatic rings. The van der Waals surface area contributed by atoms with Crippen molar-refractivity contribution in [2.75, 3.05) is 7.05 Å². The molecule has 0 bridgehead atoms. The number of aromatic nitrogens is 3. The van der Waals surface area contributed by atoms with Gasteiger partial charge in [0, 0.05) is 20.1 Å². The molecule has 2 N–H and O–H groups in total. The van der Waals surface area contributed by atoms with Gasteiger partial charge in [-0.25, -0.2) is 0 Å². The smallest absolute Gasteiger partial charge is 0.191 e. The standard InChI is InChI=1S/C14H28N6.HI/c1-11(2)7-6-8-12(3)18-14(15-4)16-9-13-19-17-10-20(13)5;/h10-12H,6-9H2,1-5H3,(H2,15,16,18);1H. The van der Waals surface area contributed by atoms with Crippen LogP contribution in [0.4, 0.5) is 0 Å². The fraction of sp³-hybridized carbons (Fsp3) is 0.786. The van der Waals surface area contributed by atoms with Gasteiger partial charge in [-0.1, -0.05) is 26.7 Å². The summed E-state index contributed by atoms with van der Waals surface area (Å²) in [7, 11) is 3.72. The highest BCUT2D eigenvalue weighted by atomic mass is 127. The predicted octanol–water partition coefficient (Wildman–Crippen LogP) is 2.31. The van der Waals surface area contributed by atoms with Gasteiger partial charge >= 0.3 is 0 Å². The number of nitrogens with zero attached hydrogens (tertiary/aromatic N) is 4. The maximum absolute atomic E-state index is 4.24. The molecule has 0 fully saturated rings. The number of rotatable bonds is 7. The maximum atomic E-state index is 4.24. The number of guanidine groups is 1. The summed E-state index contributed by atoms with van der Waals surface area (Å²) >= 11 is 0. The highest BCUT2D eigenvalue weighted by Gasteiger charge is 2.07. The molecule has 1 atom stereocenters. The fourth-order valence-electron chi connectivity index (χ4n) is 1.96. The number of halogens is 1. The van der Waals surface area contributed by atoms with Gasteiger partial charge in [-0.05, 0) is 19.3 Å². The topological polar surface area (TPSA) is 67.1 Å². The summed E-state index contributed by atoms with van der Waals surface area (Å²) in [6.07, 6.45) is 5.37. The van der Waals surface area contributed by atoms with Crippen molar-refractivity contribution < 1.29 is 0 Å². The SMILES string of the molecule is CN=C(NCc1nncn1C)NC(C)CCCC(C)C.I. The van der Waals surface area contributed by atoms with Crippen LogP contribution in [0.15, 0.2) is 11.3 Å². The monoisotopic (exact) mass is 408 g/mol. The number of aryl methyl sites for hydroxylation is 1. The number of hydrogen-bond donors (Lipinski definition) is 2. The summed E-state index contributed by atoms with van der Waals surface area (Å²) in [6, 6.07) is 0.416. The van der Waals surface area contributed by atoms with Crippen molar-refractivity contribution in [1.29, 1.82) is 0 Å². The van der Waals surface area contributed by atoms with E-state index >= 15 is 0 Å². The molecule has 0 spiro atoms. The first-order chi connectivity index (χ1) is 9.52. The molecule has 7 heteroatoms. The van der Waals surface area contributed by atoms with Crippen LogP contribution in [0.5, 0.6) is 0 Å². The Balaban J connectivity index is 0.00000400. The Morgan fingerprint density at radius 3 is 2.57 bits per heavy atom. The first-order valence-electron chi connectivity index (χ1n) is 7.33. The molecule has 0 radical (unpaired) electrons. The summed E-state index contributed by atoms with van der Waals surface area (Å²) in [6.45, 7) is 7.34. The number of nitrogens with one attached hydrogen (secondary N) is 2. The van der Waals surface area contributed by atoms with Crippen molar-refractivity contribution in [2.24, 2.45) is 18.0 Å². The molecule has 0 aliphatic carbocycles. The van der Waals surface area contributed by atoms with Gasteiger partial charge in [-0.3, -0.25) is 4.99 Å². The van der Waals surface area contributed by atoms with Gasteiger partial charge < -0.3 is 15.2 Å². The van der Waals surface area contributed by atoms with Crippen LogP contribution in [0.2, 0.25) is 0 Å². The van der Waals surface area contributed by atoms with Crippen molar-refractivity contribution in [3.05, 3.63) is 12.2 Å². The van der Waals surface area contributed by atoms with Gasteiger partial charge in [0.15, 0.2) is 11.8 Å². The predicted molar refractivity (Wildman–Crippen MR) is 97.9 cm³/mol.